The minimum atomic E-state index is -1.41. The zero-order valence-corrected chi connectivity index (χ0v) is 8.64. The molecule has 0 atom stereocenters. The van der Waals surface area contributed by atoms with Gasteiger partial charge in [0.1, 0.15) is 0 Å². The Morgan fingerprint density at radius 2 is 2.18 bits per heavy atom. The maximum Gasteiger partial charge on any atom is 0.248 e. The van der Waals surface area contributed by atoms with Crippen molar-refractivity contribution < 1.29 is 14.7 Å². The van der Waals surface area contributed by atoms with E-state index in [4.69, 9.17) is 0 Å². The molecule has 1 aromatic heterocycles. The fourth-order valence-electron chi connectivity index (χ4n) is 1.34. The Morgan fingerprint density at radius 1 is 1.35 bits per heavy atom. The first kappa shape index (κ1) is 10.9. The van der Waals surface area contributed by atoms with Crippen LogP contribution in [0.2, 0.25) is 0 Å². The second-order valence-corrected chi connectivity index (χ2v) is 3.28. The number of nitrogens with one attached hydrogen (secondary N) is 2. The van der Waals surface area contributed by atoms with Gasteiger partial charge in [-0.05, 0) is 24.3 Å². The van der Waals surface area contributed by atoms with Gasteiger partial charge in [-0.2, -0.15) is 0 Å². The zero-order chi connectivity index (χ0) is 12.3. The van der Waals surface area contributed by atoms with Crippen LogP contribution in [-0.2, 0) is 9.59 Å². The number of carboxylic acids is 1. The molecule has 6 heteroatoms. The van der Waals surface area contributed by atoms with Gasteiger partial charge in [0.05, 0.1) is 23.3 Å². The van der Waals surface area contributed by atoms with E-state index in [0.717, 1.165) is 17.1 Å². The first-order valence-electron chi connectivity index (χ1n) is 4.78. The highest BCUT2D eigenvalue weighted by molar-refractivity contribution is 6.02. The van der Waals surface area contributed by atoms with Crippen molar-refractivity contribution in [3.05, 3.63) is 36.7 Å². The summed E-state index contributed by atoms with van der Waals surface area (Å²) in [6.45, 7) is 0. The average Bonchev–Trinajstić information content (AvgIpc) is 2.73. The number of H-pyrrole nitrogens is 1. The SMILES string of the molecule is O=C([O-])/C=C\C(=O)Nc1ccc2nc[nH]c2c1. The third-order valence-corrected chi connectivity index (χ3v) is 2.06. The number of amides is 1. The largest absolute Gasteiger partial charge is 0.545 e. The quantitative estimate of drug-likeness (QED) is 0.714. The number of aromatic amines is 1. The fraction of sp³-hybridized carbons (Fsp3) is 0. The van der Waals surface area contributed by atoms with Crippen LogP contribution in [0.1, 0.15) is 0 Å². The summed E-state index contributed by atoms with van der Waals surface area (Å²) < 4.78 is 0. The maximum absolute atomic E-state index is 11.3. The summed E-state index contributed by atoms with van der Waals surface area (Å²) in [5.41, 5.74) is 2.12. The second kappa shape index (κ2) is 4.48. The van der Waals surface area contributed by atoms with Crippen LogP contribution >= 0.6 is 0 Å². The number of hydrogen-bond acceptors (Lipinski definition) is 4. The highest BCUT2D eigenvalue weighted by Gasteiger charge is 2.00. The fourth-order valence-corrected chi connectivity index (χ4v) is 1.34. The van der Waals surface area contributed by atoms with Crippen LogP contribution in [0.5, 0.6) is 0 Å². The van der Waals surface area contributed by atoms with Crippen LogP contribution in [0.4, 0.5) is 5.69 Å². The molecule has 0 saturated heterocycles. The van der Waals surface area contributed by atoms with E-state index in [1.807, 2.05) is 0 Å². The molecule has 0 spiro atoms. The molecule has 1 aromatic carbocycles. The molecule has 86 valence electrons. The van der Waals surface area contributed by atoms with Gasteiger partial charge in [0, 0.05) is 11.8 Å². The van der Waals surface area contributed by atoms with E-state index in [1.54, 1.807) is 24.5 Å². The van der Waals surface area contributed by atoms with Gasteiger partial charge >= 0.3 is 0 Å². The number of anilines is 1. The molecule has 1 amide bonds. The van der Waals surface area contributed by atoms with Crippen molar-refractivity contribution in [2.45, 2.75) is 0 Å². The lowest BCUT2D eigenvalue weighted by Gasteiger charge is -2.01. The lowest BCUT2D eigenvalue weighted by molar-refractivity contribution is -0.297. The van der Waals surface area contributed by atoms with E-state index in [9.17, 15) is 14.7 Å². The zero-order valence-electron chi connectivity index (χ0n) is 8.64. The number of benzene rings is 1. The van der Waals surface area contributed by atoms with Gasteiger partial charge in [-0.3, -0.25) is 4.79 Å². The number of aromatic nitrogens is 2. The molecule has 2 aromatic rings. The van der Waals surface area contributed by atoms with Crippen molar-refractivity contribution in [3.63, 3.8) is 0 Å². The molecule has 1 heterocycles. The topological polar surface area (TPSA) is 97.9 Å². The molecule has 0 bridgehead atoms. The molecule has 2 N–H and O–H groups in total. The number of carboxylic acid groups (broad SMARTS) is 1. The van der Waals surface area contributed by atoms with Crippen molar-refractivity contribution >= 4 is 28.6 Å². The van der Waals surface area contributed by atoms with Crippen molar-refractivity contribution in [3.8, 4) is 0 Å². The van der Waals surface area contributed by atoms with Crippen LogP contribution in [0, 0.1) is 0 Å². The molecule has 17 heavy (non-hydrogen) atoms. The standard InChI is InChI=1S/C11H9N3O3/c15-10(3-4-11(16)17)14-7-1-2-8-9(5-7)13-6-12-8/h1-6H,(H,12,13)(H,14,15)(H,16,17)/p-1/b4-3-. The van der Waals surface area contributed by atoms with Gasteiger partial charge in [0.2, 0.25) is 5.91 Å². The number of rotatable bonds is 3. The highest BCUT2D eigenvalue weighted by atomic mass is 16.4. The lowest BCUT2D eigenvalue weighted by Crippen LogP contribution is -2.20. The van der Waals surface area contributed by atoms with Crippen LogP contribution < -0.4 is 10.4 Å². The Bertz CT molecular complexity index is 601. The molecular weight excluding hydrogens is 222 g/mol. The maximum atomic E-state index is 11.3. The summed E-state index contributed by atoms with van der Waals surface area (Å²) in [5, 5.41) is 12.6. The molecule has 0 saturated carbocycles. The number of fused-ring (bicyclic) bond motifs is 1. The number of nitrogens with zero attached hydrogens (tertiary/aromatic N) is 1. The van der Waals surface area contributed by atoms with E-state index in [1.165, 1.54) is 0 Å². The number of carbonyl (C=O) groups is 2. The molecule has 0 unspecified atom stereocenters. The monoisotopic (exact) mass is 230 g/mol. The summed E-state index contributed by atoms with van der Waals surface area (Å²) in [7, 11) is 0. The summed E-state index contributed by atoms with van der Waals surface area (Å²) in [6, 6.07) is 5.12. The molecule has 0 radical (unpaired) electrons. The Labute approximate surface area is 96.0 Å². The predicted octanol–water partition coefficient (Wildman–Crippen LogP) is -0.193. The third kappa shape index (κ3) is 2.69. The van der Waals surface area contributed by atoms with Crippen LogP contribution in [-0.4, -0.2) is 21.8 Å². The van der Waals surface area contributed by atoms with Gasteiger partial charge in [-0.15, -0.1) is 0 Å². The molecule has 2 rings (SSSR count). The summed E-state index contributed by atoms with van der Waals surface area (Å²) in [6.07, 6.45) is 3.11. The third-order valence-electron chi connectivity index (χ3n) is 2.06. The smallest absolute Gasteiger partial charge is 0.248 e. The molecule has 0 fully saturated rings. The van der Waals surface area contributed by atoms with Crippen molar-refractivity contribution in [2.24, 2.45) is 0 Å². The molecule has 0 aliphatic rings. The first-order chi connectivity index (χ1) is 8.15. The number of imidazole rings is 1. The predicted molar refractivity (Wildman–Crippen MR) is 58.9 cm³/mol. The number of hydrogen-bond donors (Lipinski definition) is 2. The second-order valence-electron chi connectivity index (χ2n) is 3.28. The Kier molecular flexibility index (Phi) is 2.87. The molecule has 0 aliphatic heterocycles. The lowest BCUT2D eigenvalue weighted by atomic mass is 10.2. The van der Waals surface area contributed by atoms with Crippen molar-refractivity contribution in [1.29, 1.82) is 0 Å². The van der Waals surface area contributed by atoms with E-state index >= 15 is 0 Å². The van der Waals surface area contributed by atoms with E-state index in [0.29, 0.717) is 11.8 Å². The Hall–Kier alpha value is -2.63. The van der Waals surface area contributed by atoms with Crippen LogP contribution in [0.25, 0.3) is 11.0 Å². The van der Waals surface area contributed by atoms with Crippen LogP contribution in [0.15, 0.2) is 36.7 Å². The van der Waals surface area contributed by atoms with Crippen LogP contribution in [0.3, 0.4) is 0 Å². The first-order valence-corrected chi connectivity index (χ1v) is 4.78. The average molecular weight is 230 g/mol. The van der Waals surface area contributed by atoms with Gasteiger partial charge in [-0.25, -0.2) is 4.98 Å². The summed E-state index contributed by atoms with van der Waals surface area (Å²) in [5.74, 6) is -1.95. The normalized spacial score (nSPS) is 10.8. The van der Waals surface area contributed by atoms with E-state index in [2.05, 4.69) is 15.3 Å². The van der Waals surface area contributed by atoms with Crippen molar-refractivity contribution in [2.75, 3.05) is 5.32 Å². The Balaban J connectivity index is 2.12. The minimum Gasteiger partial charge on any atom is -0.545 e. The van der Waals surface area contributed by atoms with Crippen molar-refractivity contribution in [1.82, 2.24) is 9.97 Å². The summed E-state index contributed by atoms with van der Waals surface area (Å²) >= 11 is 0. The molecule has 6 nitrogen and oxygen atoms in total. The van der Waals surface area contributed by atoms with E-state index in [-0.39, 0.29) is 0 Å². The minimum absolute atomic E-state index is 0.534. The Morgan fingerprint density at radius 3 is 2.94 bits per heavy atom. The number of carbonyl (C=O) groups excluding carboxylic acids is 2. The summed E-state index contributed by atoms with van der Waals surface area (Å²) in [4.78, 5) is 28.3. The highest BCUT2D eigenvalue weighted by Crippen LogP contribution is 2.15. The molecule has 0 aliphatic carbocycles. The number of aliphatic carboxylic acids is 1. The molecular formula is C11H8N3O3-. The van der Waals surface area contributed by atoms with Gasteiger partial charge in [0.15, 0.2) is 0 Å². The van der Waals surface area contributed by atoms with Gasteiger partial charge < -0.3 is 20.2 Å². The van der Waals surface area contributed by atoms with E-state index < -0.39 is 11.9 Å². The van der Waals surface area contributed by atoms with Gasteiger partial charge in [0.25, 0.3) is 0 Å². The van der Waals surface area contributed by atoms with Gasteiger partial charge in [-0.1, -0.05) is 0 Å².